The summed E-state index contributed by atoms with van der Waals surface area (Å²) in [6.07, 6.45) is 0.895. The Balaban J connectivity index is 4.60. The monoisotopic (exact) mass is 244 g/mol. The lowest BCUT2D eigenvalue weighted by Crippen LogP contribution is -2.30. The van der Waals surface area contributed by atoms with Crippen molar-refractivity contribution in [3.05, 3.63) is 0 Å². The Morgan fingerprint density at radius 3 is 2.00 bits per heavy atom. The van der Waals surface area contributed by atoms with Gasteiger partial charge >= 0.3 is 11.9 Å². The van der Waals surface area contributed by atoms with Gasteiger partial charge in [-0.15, -0.1) is 0 Å². The largest absolute Gasteiger partial charge is 0.548 e. The van der Waals surface area contributed by atoms with Gasteiger partial charge in [0.2, 0.25) is 0 Å². The third kappa shape index (κ3) is 6.29. The van der Waals surface area contributed by atoms with Crippen LogP contribution in [0.5, 0.6) is 0 Å². The Kier molecular flexibility index (Phi) is 7.32. The number of ether oxygens (including phenoxy) is 2. The summed E-state index contributed by atoms with van der Waals surface area (Å²) >= 11 is 0. The normalized spacial score (nSPS) is 10.5. The minimum atomic E-state index is -1.41. The summed E-state index contributed by atoms with van der Waals surface area (Å²) in [6, 6.07) is 0. The van der Waals surface area contributed by atoms with Crippen molar-refractivity contribution in [2.24, 2.45) is 10.9 Å². The summed E-state index contributed by atoms with van der Waals surface area (Å²) in [7, 11) is 0. The van der Waals surface area contributed by atoms with Crippen LogP contribution in [0.25, 0.3) is 0 Å². The first kappa shape index (κ1) is 15.1. The number of carboxylic acids is 1. The summed E-state index contributed by atoms with van der Waals surface area (Å²) < 4.78 is 9.27. The molecule has 0 bridgehead atoms. The zero-order chi connectivity index (χ0) is 13.3. The Hall–Kier alpha value is -1.92. The molecule has 0 heterocycles. The number of carboxylic acid groups (broad SMARTS) is 1. The second kappa shape index (κ2) is 8.26. The van der Waals surface area contributed by atoms with E-state index >= 15 is 0 Å². The van der Waals surface area contributed by atoms with E-state index in [1.54, 1.807) is 13.8 Å². The number of hydrogen-bond donors (Lipinski definition) is 0. The molecule has 0 saturated carbocycles. The third-order valence-corrected chi connectivity index (χ3v) is 1.56. The van der Waals surface area contributed by atoms with E-state index in [-0.39, 0.29) is 13.2 Å². The molecule has 7 heteroatoms. The maximum atomic E-state index is 11.4. The first-order valence-electron chi connectivity index (χ1n) is 5.05. The van der Waals surface area contributed by atoms with Crippen molar-refractivity contribution in [1.82, 2.24) is 0 Å². The molecule has 7 nitrogen and oxygen atoms in total. The van der Waals surface area contributed by atoms with Gasteiger partial charge in [-0.25, -0.2) is 0 Å². The Labute approximate surface area is 98.4 Å². The van der Waals surface area contributed by atoms with Crippen LogP contribution < -0.4 is 5.11 Å². The van der Waals surface area contributed by atoms with Crippen molar-refractivity contribution in [2.75, 3.05) is 19.8 Å². The highest BCUT2D eigenvalue weighted by atomic mass is 16.6. The van der Waals surface area contributed by atoms with Gasteiger partial charge in [0.25, 0.3) is 0 Å². The van der Waals surface area contributed by atoms with Crippen molar-refractivity contribution < 1.29 is 29.0 Å². The van der Waals surface area contributed by atoms with Crippen LogP contribution in [0, 0.1) is 5.92 Å². The SMILES string of the molecule is CCOC(=O)C(C=NCC(=O)[O-])C(=O)OCC. The summed E-state index contributed by atoms with van der Waals surface area (Å²) in [6.45, 7) is 2.73. The van der Waals surface area contributed by atoms with Crippen LogP contribution in [-0.2, 0) is 23.9 Å². The number of esters is 2. The molecule has 0 spiro atoms. The number of hydrogen-bond acceptors (Lipinski definition) is 7. The van der Waals surface area contributed by atoms with Gasteiger partial charge in [0.15, 0.2) is 5.92 Å². The van der Waals surface area contributed by atoms with Gasteiger partial charge in [-0.3, -0.25) is 14.6 Å². The first-order chi connectivity index (χ1) is 8.02. The average molecular weight is 244 g/mol. The molecule has 0 rings (SSSR count). The van der Waals surface area contributed by atoms with Crippen LogP contribution in [0.3, 0.4) is 0 Å². The van der Waals surface area contributed by atoms with Gasteiger partial charge in [-0.1, -0.05) is 0 Å². The van der Waals surface area contributed by atoms with Crippen LogP contribution in [0.2, 0.25) is 0 Å². The number of rotatable bonds is 7. The minimum absolute atomic E-state index is 0.100. The van der Waals surface area contributed by atoms with Crippen LogP contribution in [0.1, 0.15) is 13.8 Å². The second-order valence-corrected chi connectivity index (χ2v) is 2.84. The predicted octanol–water partition coefficient (Wildman–Crippen LogP) is -1.45. The van der Waals surface area contributed by atoms with E-state index in [0.717, 1.165) is 6.21 Å². The lowest BCUT2D eigenvalue weighted by Gasteiger charge is -2.09. The molecule has 0 atom stereocenters. The molecule has 0 unspecified atom stereocenters. The van der Waals surface area contributed by atoms with E-state index in [9.17, 15) is 19.5 Å². The van der Waals surface area contributed by atoms with Crippen LogP contribution in [-0.4, -0.2) is 43.9 Å². The molecule has 0 N–H and O–H groups in total. The van der Waals surface area contributed by atoms with E-state index in [1.807, 2.05) is 0 Å². The fourth-order valence-electron chi connectivity index (χ4n) is 0.915. The van der Waals surface area contributed by atoms with E-state index in [4.69, 9.17) is 0 Å². The summed E-state index contributed by atoms with van der Waals surface area (Å²) in [5.41, 5.74) is 0. The van der Waals surface area contributed by atoms with Crippen molar-refractivity contribution in [2.45, 2.75) is 13.8 Å². The van der Waals surface area contributed by atoms with Gasteiger partial charge < -0.3 is 19.4 Å². The highest BCUT2D eigenvalue weighted by Gasteiger charge is 2.27. The molecule has 0 fully saturated rings. The van der Waals surface area contributed by atoms with Crippen LogP contribution >= 0.6 is 0 Å². The van der Waals surface area contributed by atoms with Gasteiger partial charge in [-0.05, 0) is 13.8 Å². The van der Waals surface area contributed by atoms with Crippen LogP contribution in [0.15, 0.2) is 4.99 Å². The summed E-state index contributed by atoms with van der Waals surface area (Å²) in [5, 5.41) is 10.1. The molecule has 17 heavy (non-hydrogen) atoms. The van der Waals surface area contributed by atoms with Gasteiger partial charge in [0.05, 0.1) is 25.7 Å². The predicted molar refractivity (Wildman–Crippen MR) is 55.1 cm³/mol. The van der Waals surface area contributed by atoms with Crippen molar-refractivity contribution in [1.29, 1.82) is 0 Å². The lowest BCUT2D eigenvalue weighted by molar-refractivity contribution is -0.303. The van der Waals surface area contributed by atoms with Crippen molar-refractivity contribution in [3.63, 3.8) is 0 Å². The number of nitrogens with zero attached hydrogens (tertiary/aromatic N) is 1. The molecule has 0 amide bonds. The zero-order valence-corrected chi connectivity index (χ0v) is 9.67. The first-order valence-corrected chi connectivity index (χ1v) is 5.05. The molecule has 0 aromatic carbocycles. The van der Waals surface area contributed by atoms with Gasteiger partial charge in [0, 0.05) is 6.21 Å². The Bertz CT molecular complexity index is 294. The van der Waals surface area contributed by atoms with E-state index in [0.29, 0.717) is 0 Å². The standard InChI is InChI=1S/C10H15NO6/c1-3-16-9(14)7(10(15)17-4-2)5-11-6-8(12)13/h5,7H,3-4,6H2,1-2H3,(H,12,13)/p-1. The number of carbonyl (C=O) groups excluding carboxylic acids is 3. The fraction of sp³-hybridized carbons (Fsp3) is 0.600. The van der Waals surface area contributed by atoms with Crippen molar-refractivity contribution in [3.8, 4) is 0 Å². The average Bonchev–Trinajstić information content (AvgIpc) is 2.24. The third-order valence-electron chi connectivity index (χ3n) is 1.56. The van der Waals surface area contributed by atoms with Gasteiger partial charge in [-0.2, -0.15) is 0 Å². The Morgan fingerprint density at radius 2 is 1.65 bits per heavy atom. The summed E-state index contributed by atoms with van der Waals surface area (Å²) in [4.78, 5) is 36.2. The molecular formula is C10H14NO6-. The van der Waals surface area contributed by atoms with E-state index < -0.39 is 30.4 Å². The van der Waals surface area contributed by atoms with E-state index in [1.165, 1.54) is 0 Å². The molecule has 0 aromatic rings. The molecule has 0 aliphatic rings. The maximum absolute atomic E-state index is 11.4. The van der Waals surface area contributed by atoms with Crippen LogP contribution in [0.4, 0.5) is 0 Å². The molecule has 0 aromatic heterocycles. The van der Waals surface area contributed by atoms with E-state index in [2.05, 4.69) is 14.5 Å². The Morgan fingerprint density at radius 1 is 1.18 bits per heavy atom. The molecule has 0 radical (unpaired) electrons. The minimum Gasteiger partial charge on any atom is -0.548 e. The highest BCUT2D eigenvalue weighted by Crippen LogP contribution is 2.01. The quantitative estimate of drug-likeness (QED) is 0.308. The molecule has 96 valence electrons. The molecular weight excluding hydrogens is 230 g/mol. The molecule has 0 aliphatic heterocycles. The lowest BCUT2D eigenvalue weighted by atomic mass is 10.2. The highest BCUT2D eigenvalue weighted by molar-refractivity contribution is 6.09. The second-order valence-electron chi connectivity index (χ2n) is 2.84. The maximum Gasteiger partial charge on any atom is 0.325 e. The fourth-order valence-corrected chi connectivity index (χ4v) is 0.915. The molecule has 0 aliphatic carbocycles. The van der Waals surface area contributed by atoms with Crippen molar-refractivity contribution >= 4 is 24.1 Å². The topological polar surface area (TPSA) is 105 Å². The number of carbonyl (C=O) groups is 3. The zero-order valence-electron chi connectivity index (χ0n) is 9.67. The van der Waals surface area contributed by atoms with Gasteiger partial charge in [0.1, 0.15) is 0 Å². The smallest absolute Gasteiger partial charge is 0.325 e. The number of aliphatic carboxylic acids is 1. The molecule has 0 saturated heterocycles. The summed E-state index contributed by atoms with van der Waals surface area (Å²) in [5.74, 6) is -4.40. The number of aliphatic imine (C=N–C) groups is 1.